The molecule has 0 spiro atoms. The topological polar surface area (TPSA) is 55.4 Å². The van der Waals surface area contributed by atoms with Gasteiger partial charge in [-0.2, -0.15) is 0 Å². The summed E-state index contributed by atoms with van der Waals surface area (Å²) in [6.45, 7) is 1.78. The van der Waals surface area contributed by atoms with Gasteiger partial charge in [0.25, 0.3) is 0 Å². The number of amides is 1. The second kappa shape index (κ2) is 7.03. The number of halogens is 1. The zero-order valence-electron chi connectivity index (χ0n) is 12.8. The van der Waals surface area contributed by atoms with Gasteiger partial charge in [0, 0.05) is 22.2 Å². The number of hydrogen-bond acceptors (Lipinski definition) is 4. The number of fused-ring (bicyclic) bond motifs is 1. The maximum Gasteiger partial charge on any atom is 0.355 e. The van der Waals surface area contributed by atoms with E-state index in [9.17, 15) is 9.59 Å². The molecule has 0 saturated heterocycles. The Balaban J connectivity index is 1.76. The quantitative estimate of drug-likeness (QED) is 0.519. The third kappa shape index (κ3) is 3.42. The molecule has 1 aromatic heterocycles. The van der Waals surface area contributed by atoms with Gasteiger partial charge < -0.3 is 10.1 Å². The van der Waals surface area contributed by atoms with Gasteiger partial charge in [0.1, 0.15) is 10.6 Å². The summed E-state index contributed by atoms with van der Waals surface area (Å²) >= 11 is 7.58. The van der Waals surface area contributed by atoms with Gasteiger partial charge in [-0.1, -0.05) is 36.7 Å². The Bertz CT molecular complexity index is 902. The largest absolute Gasteiger partial charge is 0.422 e. The van der Waals surface area contributed by atoms with E-state index in [0.717, 1.165) is 10.1 Å². The Morgan fingerprint density at radius 2 is 1.83 bits per heavy atom. The molecule has 24 heavy (non-hydrogen) atoms. The third-order valence-electron chi connectivity index (χ3n) is 3.39. The molecule has 0 aliphatic heterocycles. The average molecular weight is 360 g/mol. The summed E-state index contributed by atoms with van der Waals surface area (Å²) in [7, 11) is 0. The first-order chi connectivity index (χ1) is 11.6. The summed E-state index contributed by atoms with van der Waals surface area (Å²) in [5.74, 6) is -0.175. The predicted molar refractivity (Wildman–Crippen MR) is 97.2 cm³/mol. The number of thiophene rings is 1. The fourth-order valence-electron chi connectivity index (χ4n) is 2.15. The van der Waals surface area contributed by atoms with Crippen molar-refractivity contribution in [2.45, 2.75) is 13.3 Å². The molecule has 2 aromatic carbocycles. The number of ether oxygens (including phenoxy) is 1. The van der Waals surface area contributed by atoms with Gasteiger partial charge in [-0.05, 0) is 30.3 Å². The molecule has 0 aliphatic carbocycles. The van der Waals surface area contributed by atoms with E-state index in [1.165, 1.54) is 11.3 Å². The molecule has 0 bridgehead atoms. The van der Waals surface area contributed by atoms with Crippen LogP contribution in [0.3, 0.4) is 0 Å². The summed E-state index contributed by atoms with van der Waals surface area (Å²) in [6.07, 6.45) is 0.404. The number of esters is 1. The smallest absolute Gasteiger partial charge is 0.355 e. The molecule has 3 aromatic rings. The van der Waals surface area contributed by atoms with Crippen LogP contribution in [0.2, 0.25) is 5.02 Å². The molecule has 0 fully saturated rings. The van der Waals surface area contributed by atoms with E-state index in [1.54, 1.807) is 31.2 Å². The number of rotatable bonds is 4. The zero-order valence-corrected chi connectivity index (χ0v) is 14.4. The van der Waals surface area contributed by atoms with Crippen LogP contribution in [0.5, 0.6) is 5.75 Å². The SMILES string of the molecule is CCC(=O)Nc1ccc(OC(=O)c2sc3ccccc3c2Cl)cc1. The van der Waals surface area contributed by atoms with Crippen molar-refractivity contribution in [2.24, 2.45) is 0 Å². The molecule has 0 saturated carbocycles. The first kappa shape index (κ1) is 16.5. The second-order valence-corrected chi connectivity index (χ2v) is 6.49. The van der Waals surface area contributed by atoms with Crippen LogP contribution in [0.25, 0.3) is 10.1 Å². The lowest BCUT2D eigenvalue weighted by Gasteiger charge is -2.06. The number of nitrogens with one attached hydrogen (secondary N) is 1. The average Bonchev–Trinajstić information content (AvgIpc) is 2.94. The van der Waals surface area contributed by atoms with E-state index in [2.05, 4.69) is 5.32 Å². The van der Waals surface area contributed by atoms with Crippen LogP contribution in [0.15, 0.2) is 48.5 Å². The number of benzene rings is 2. The summed E-state index contributed by atoms with van der Waals surface area (Å²) < 4.78 is 6.31. The van der Waals surface area contributed by atoms with Crippen LogP contribution in [-0.4, -0.2) is 11.9 Å². The van der Waals surface area contributed by atoms with Crippen molar-refractivity contribution >= 4 is 50.6 Å². The molecule has 0 atom stereocenters. The molecule has 1 amide bonds. The Morgan fingerprint density at radius 3 is 2.50 bits per heavy atom. The highest BCUT2D eigenvalue weighted by atomic mass is 35.5. The van der Waals surface area contributed by atoms with Crippen molar-refractivity contribution in [2.75, 3.05) is 5.32 Å². The molecular formula is C18H14ClNO3S. The second-order valence-electron chi connectivity index (χ2n) is 5.06. The first-order valence-electron chi connectivity index (χ1n) is 7.37. The predicted octanol–water partition coefficient (Wildman–Crippen LogP) is 5.12. The summed E-state index contributed by atoms with van der Waals surface area (Å²) in [5.41, 5.74) is 0.654. The molecule has 122 valence electrons. The fourth-order valence-corrected chi connectivity index (χ4v) is 3.54. The summed E-state index contributed by atoms with van der Waals surface area (Å²) in [4.78, 5) is 24.1. The van der Waals surface area contributed by atoms with Crippen LogP contribution >= 0.6 is 22.9 Å². The summed E-state index contributed by atoms with van der Waals surface area (Å²) in [6, 6.07) is 14.2. The normalized spacial score (nSPS) is 10.6. The van der Waals surface area contributed by atoms with E-state index >= 15 is 0 Å². The van der Waals surface area contributed by atoms with Crippen LogP contribution in [0, 0.1) is 0 Å². The van der Waals surface area contributed by atoms with Gasteiger partial charge in [0.05, 0.1) is 5.02 Å². The highest BCUT2D eigenvalue weighted by Gasteiger charge is 2.18. The van der Waals surface area contributed by atoms with Crippen molar-refractivity contribution in [3.8, 4) is 5.75 Å². The van der Waals surface area contributed by atoms with E-state index in [1.807, 2.05) is 24.3 Å². The lowest BCUT2D eigenvalue weighted by Crippen LogP contribution is -2.10. The lowest BCUT2D eigenvalue weighted by molar-refractivity contribution is -0.115. The minimum Gasteiger partial charge on any atom is -0.422 e. The van der Waals surface area contributed by atoms with Gasteiger partial charge in [-0.25, -0.2) is 4.79 Å². The molecule has 0 radical (unpaired) electrons. The minimum atomic E-state index is -0.494. The molecule has 4 nitrogen and oxygen atoms in total. The van der Waals surface area contributed by atoms with Crippen LogP contribution in [0.1, 0.15) is 23.0 Å². The Morgan fingerprint density at radius 1 is 1.12 bits per heavy atom. The molecule has 6 heteroatoms. The van der Waals surface area contributed by atoms with E-state index in [4.69, 9.17) is 16.3 Å². The van der Waals surface area contributed by atoms with Gasteiger partial charge in [-0.15, -0.1) is 11.3 Å². The standard InChI is InChI=1S/C18H14ClNO3S/c1-2-15(21)20-11-7-9-12(10-8-11)23-18(22)17-16(19)13-5-3-4-6-14(13)24-17/h3-10H,2H2,1H3,(H,20,21). The van der Waals surface area contributed by atoms with Crippen LogP contribution in [-0.2, 0) is 4.79 Å². The molecular weight excluding hydrogens is 346 g/mol. The van der Waals surface area contributed by atoms with E-state index < -0.39 is 5.97 Å². The van der Waals surface area contributed by atoms with Gasteiger partial charge in [0.2, 0.25) is 5.91 Å². The van der Waals surface area contributed by atoms with Crippen molar-refractivity contribution in [3.63, 3.8) is 0 Å². The fraction of sp³-hybridized carbons (Fsp3) is 0.111. The zero-order chi connectivity index (χ0) is 17.1. The van der Waals surface area contributed by atoms with E-state index in [-0.39, 0.29) is 5.91 Å². The highest BCUT2D eigenvalue weighted by Crippen LogP contribution is 2.35. The van der Waals surface area contributed by atoms with Crippen molar-refractivity contribution in [1.29, 1.82) is 0 Å². The van der Waals surface area contributed by atoms with Crippen LogP contribution in [0.4, 0.5) is 5.69 Å². The van der Waals surface area contributed by atoms with Gasteiger partial charge >= 0.3 is 5.97 Å². The molecule has 0 unspecified atom stereocenters. The molecule has 0 aliphatic rings. The monoisotopic (exact) mass is 359 g/mol. The number of carbonyl (C=O) groups excluding carboxylic acids is 2. The van der Waals surface area contributed by atoms with Crippen molar-refractivity contribution < 1.29 is 14.3 Å². The maximum absolute atomic E-state index is 12.3. The Kier molecular flexibility index (Phi) is 4.83. The Hall–Kier alpha value is -2.37. The van der Waals surface area contributed by atoms with Crippen molar-refractivity contribution in [3.05, 3.63) is 58.4 Å². The summed E-state index contributed by atoms with van der Waals surface area (Å²) in [5, 5.41) is 3.98. The highest BCUT2D eigenvalue weighted by molar-refractivity contribution is 7.21. The Labute approximate surface area is 148 Å². The molecule has 1 heterocycles. The molecule has 3 rings (SSSR count). The van der Waals surface area contributed by atoms with Gasteiger partial charge in [0.15, 0.2) is 0 Å². The number of anilines is 1. The minimum absolute atomic E-state index is 0.0724. The number of carbonyl (C=O) groups is 2. The van der Waals surface area contributed by atoms with Crippen molar-refractivity contribution in [1.82, 2.24) is 0 Å². The lowest BCUT2D eigenvalue weighted by atomic mass is 10.2. The van der Waals surface area contributed by atoms with Gasteiger partial charge in [-0.3, -0.25) is 4.79 Å². The van der Waals surface area contributed by atoms with E-state index in [0.29, 0.717) is 27.8 Å². The first-order valence-corrected chi connectivity index (χ1v) is 8.57. The maximum atomic E-state index is 12.3. The number of hydrogen-bond donors (Lipinski definition) is 1. The van der Waals surface area contributed by atoms with Crippen LogP contribution < -0.4 is 10.1 Å². The molecule has 1 N–H and O–H groups in total. The third-order valence-corrected chi connectivity index (χ3v) is 5.05.